The SMILES string of the molecule is Cn1ccc2nnccc21. The summed E-state index contributed by atoms with van der Waals surface area (Å²) in [5, 5.41) is 7.69. The molecule has 0 bridgehead atoms. The van der Waals surface area contributed by atoms with Crippen LogP contribution in [0.4, 0.5) is 0 Å². The van der Waals surface area contributed by atoms with Gasteiger partial charge in [-0.2, -0.15) is 5.10 Å². The number of rotatable bonds is 0. The molecular formula is C7H7N3. The summed E-state index contributed by atoms with van der Waals surface area (Å²) in [7, 11) is 1.99. The summed E-state index contributed by atoms with van der Waals surface area (Å²) in [4.78, 5) is 0. The van der Waals surface area contributed by atoms with Gasteiger partial charge in [0.1, 0.15) is 5.52 Å². The Bertz CT molecular complexity index is 350. The molecular weight excluding hydrogens is 126 g/mol. The second-order valence-corrected chi connectivity index (χ2v) is 2.23. The Labute approximate surface area is 58.3 Å². The monoisotopic (exact) mass is 133 g/mol. The normalized spacial score (nSPS) is 10.5. The second kappa shape index (κ2) is 1.80. The van der Waals surface area contributed by atoms with Crippen molar-refractivity contribution in [3.05, 3.63) is 24.5 Å². The van der Waals surface area contributed by atoms with Gasteiger partial charge in [0, 0.05) is 13.2 Å². The Hall–Kier alpha value is -1.38. The lowest BCUT2D eigenvalue weighted by atomic mass is 10.4. The Morgan fingerprint density at radius 1 is 1.40 bits per heavy atom. The van der Waals surface area contributed by atoms with Crippen LogP contribution in [0.15, 0.2) is 24.5 Å². The van der Waals surface area contributed by atoms with Crippen LogP contribution in [0.5, 0.6) is 0 Å². The van der Waals surface area contributed by atoms with Crippen molar-refractivity contribution in [3.63, 3.8) is 0 Å². The van der Waals surface area contributed by atoms with Crippen LogP contribution in [0.25, 0.3) is 11.0 Å². The van der Waals surface area contributed by atoms with E-state index in [9.17, 15) is 0 Å². The van der Waals surface area contributed by atoms with Crippen LogP contribution in [0.3, 0.4) is 0 Å². The molecule has 10 heavy (non-hydrogen) atoms. The van der Waals surface area contributed by atoms with Gasteiger partial charge in [0.2, 0.25) is 0 Å². The van der Waals surface area contributed by atoms with E-state index in [0.29, 0.717) is 0 Å². The summed E-state index contributed by atoms with van der Waals surface area (Å²) in [6.45, 7) is 0. The van der Waals surface area contributed by atoms with E-state index in [0.717, 1.165) is 11.0 Å². The van der Waals surface area contributed by atoms with E-state index in [-0.39, 0.29) is 0 Å². The predicted octanol–water partition coefficient (Wildman–Crippen LogP) is 0.968. The lowest BCUT2D eigenvalue weighted by Crippen LogP contribution is -1.85. The minimum Gasteiger partial charge on any atom is -0.349 e. The van der Waals surface area contributed by atoms with Crippen molar-refractivity contribution in [2.75, 3.05) is 0 Å². The van der Waals surface area contributed by atoms with Gasteiger partial charge < -0.3 is 4.57 Å². The zero-order chi connectivity index (χ0) is 6.97. The summed E-state index contributed by atoms with van der Waals surface area (Å²) >= 11 is 0. The molecule has 0 aromatic carbocycles. The number of fused-ring (bicyclic) bond motifs is 1. The predicted molar refractivity (Wildman–Crippen MR) is 38.5 cm³/mol. The molecule has 2 aromatic rings. The molecule has 0 radical (unpaired) electrons. The first-order chi connectivity index (χ1) is 4.88. The zero-order valence-corrected chi connectivity index (χ0v) is 5.65. The van der Waals surface area contributed by atoms with Gasteiger partial charge in [0.25, 0.3) is 0 Å². The maximum atomic E-state index is 3.93. The van der Waals surface area contributed by atoms with Gasteiger partial charge in [-0.3, -0.25) is 0 Å². The Balaban J connectivity index is 2.93. The van der Waals surface area contributed by atoms with Crippen molar-refractivity contribution in [2.24, 2.45) is 7.05 Å². The highest BCUT2D eigenvalue weighted by molar-refractivity contribution is 5.74. The summed E-state index contributed by atoms with van der Waals surface area (Å²) < 4.78 is 2.02. The van der Waals surface area contributed by atoms with Crippen LogP contribution in [-0.4, -0.2) is 14.8 Å². The molecule has 0 amide bonds. The number of hydrogen-bond donors (Lipinski definition) is 0. The van der Waals surface area contributed by atoms with Crippen molar-refractivity contribution in [3.8, 4) is 0 Å². The third kappa shape index (κ3) is 0.603. The number of aromatic nitrogens is 3. The minimum atomic E-state index is 0.949. The van der Waals surface area contributed by atoms with Gasteiger partial charge in [-0.25, -0.2) is 0 Å². The van der Waals surface area contributed by atoms with Gasteiger partial charge in [-0.1, -0.05) is 0 Å². The molecule has 0 aliphatic rings. The summed E-state index contributed by atoms with van der Waals surface area (Å²) in [6.07, 6.45) is 3.67. The van der Waals surface area contributed by atoms with Gasteiger partial charge in [0.15, 0.2) is 0 Å². The van der Waals surface area contributed by atoms with E-state index in [1.807, 2.05) is 29.9 Å². The van der Waals surface area contributed by atoms with Gasteiger partial charge >= 0.3 is 0 Å². The molecule has 3 nitrogen and oxygen atoms in total. The molecule has 2 aromatic heterocycles. The Morgan fingerprint density at radius 3 is 3.10 bits per heavy atom. The fourth-order valence-electron chi connectivity index (χ4n) is 1.02. The largest absolute Gasteiger partial charge is 0.349 e. The Kier molecular flexibility index (Phi) is 0.974. The number of aryl methyl sites for hydroxylation is 1. The lowest BCUT2D eigenvalue weighted by molar-refractivity contribution is 0.962. The van der Waals surface area contributed by atoms with E-state index < -0.39 is 0 Å². The topological polar surface area (TPSA) is 30.7 Å². The average Bonchev–Trinajstić information content (AvgIpc) is 2.34. The van der Waals surface area contributed by atoms with E-state index in [1.165, 1.54) is 0 Å². The lowest BCUT2D eigenvalue weighted by Gasteiger charge is -1.90. The van der Waals surface area contributed by atoms with Crippen molar-refractivity contribution < 1.29 is 0 Å². The number of hydrogen-bond acceptors (Lipinski definition) is 2. The third-order valence-corrected chi connectivity index (χ3v) is 1.56. The molecule has 0 saturated heterocycles. The first kappa shape index (κ1) is 5.41. The quantitative estimate of drug-likeness (QED) is 0.536. The minimum absolute atomic E-state index is 0.949. The fourth-order valence-corrected chi connectivity index (χ4v) is 1.02. The first-order valence-corrected chi connectivity index (χ1v) is 3.10. The van der Waals surface area contributed by atoms with Crippen molar-refractivity contribution in [1.29, 1.82) is 0 Å². The highest BCUT2D eigenvalue weighted by Gasteiger charge is 1.94. The van der Waals surface area contributed by atoms with Gasteiger partial charge in [-0.15, -0.1) is 5.10 Å². The van der Waals surface area contributed by atoms with Crippen molar-refractivity contribution >= 4 is 11.0 Å². The zero-order valence-electron chi connectivity index (χ0n) is 5.65. The molecule has 0 saturated carbocycles. The molecule has 0 N–H and O–H groups in total. The van der Waals surface area contributed by atoms with Crippen LogP contribution >= 0.6 is 0 Å². The molecule has 0 spiro atoms. The van der Waals surface area contributed by atoms with E-state index in [4.69, 9.17) is 0 Å². The maximum Gasteiger partial charge on any atom is 0.111 e. The standard InChI is InChI=1S/C7H7N3/c1-10-5-3-6-7(10)2-4-8-9-6/h2-5H,1H3. The summed E-state index contributed by atoms with van der Waals surface area (Å²) in [5.41, 5.74) is 2.07. The van der Waals surface area contributed by atoms with Crippen LogP contribution < -0.4 is 0 Å². The fraction of sp³-hybridized carbons (Fsp3) is 0.143. The molecule has 3 heteroatoms. The average molecular weight is 133 g/mol. The van der Waals surface area contributed by atoms with Crippen LogP contribution in [0.2, 0.25) is 0 Å². The highest BCUT2D eigenvalue weighted by Crippen LogP contribution is 2.08. The van der Waals surface area contributed by atoms with Gasteiger partial charge in [0.05, 0.1) is 11.7 Å². The smallest absolute Gasteiger partial charge is 0.111 e. The van der Waals surface area contributed by atoms with Crippen LogP contribution in [0.1, 0.15) is 0 Å². The summed E-state index contributed by atoms with van der Waals surface area (Å²) in [6, 6.07) is 3.89. The molecule has 0 fully saturated rings. The van der Waals surface area contributed by atoms with Gasteiger partial charge in [-0.05, 0) is 12.1 Å². The molecule has 0 aliphatic heterocycles. The first-order valence-electron chi connectivity index (χ1n) is 3.10. The second-order valence-electron chi connectivity index (χ2n) is 2.23. The van der Waals surface area contributed by atoms with Crippen molar-refractivity contribution in [1.82, 2.24) is 14.8 Å². The maximum absolute atomic E-state index is 3.93. The Morgan fingerprint density at radius 2 is 2.30 bits per heavy atom. The van der Waals surface area contributed by atoms with E-state index >= 15 is 0 Å². The molecule has 0 atom stereocenters. The highest BCUT2D eigenvalue weighted by atomic mass is 15.1. The van der Waals surface area contributed by atoms with Crippen LogP contribution in [-0.2, 0) is 7.05 Å². The molecule has 2 heterocycles. The molecule has 0 unspecified atom stereocenters. The third-order valence-electron chi connectivity index (χ3n) is 1.56. The van der Waals surface area contributed by atoms with Crippen molar-refractivity contribution in [2.45, 2.75) is 0 Å². The van der Waals surface area contributed by atoms with E-state index in [1.54, 1.807) is 6.20 Å². The molecule has 2 rings (SSSR count). The molecule has 50 valence electrons. The van der Waals surface area contributed by atoms with Crippen LogP contribution in [0, 0.1) is 0 Å². The molecule has 0 aliphatic carbocycles. The van der Waals surface area contributed by atoms with E-state index in [2.05, 4.69) is 10.2 Å². The number of nitrogens with zero attached hydrogens (tertiary/aromatic N) is 3. The summed E-state index contributed by atoms with van der Waals surface area (Å²) in [5.74, 6) is 0.